The number of aryl methyl sites for hydroxylation is 1. The van der Waals surface area contributed by atoms with Crippen LogP contribution in [0, 0.1) is 0 Å². The summed E-state index contributed by atoms with van der Waals surface area (Å²) in [5, 5.41) is 0.872. The molecule has 0 aliphatic heterocycles. The third-order valence-electron chi connectivity index (χ3n) is 3.93. The number of rotatable bonds is 3. The topological polar surface area (TPSA) is 66.0 Å². The van der Waals surface area contributed by atoms with Crippen molar-refractivity contribution in [3.63, 3.8) is 0 Å². The predicted octanol–water partition coefficient (Wildman–Crippen LogP) is 6.45. The lowest BCUT2D eigenvalue weighted by Crippen LogP contribution is -1.94. The van der Waals surface area contributed by atoms with Gasteiger partial charge in [0.1, 0.15) is 29.3 Å². The molecule has 0 saturated carbocycles. The van der Waals surface area contributed by atoms with Crippen LogP contribution in [-0.2, 0) is 7.05 Å². The normalized spacial score (nSPS) is 9.83. The van der Waals surface area contributed by atoms with Gasteiger partial charge in [-0.15, -0.1) is 0 Å². The fourth-order valence-corrected chi connectivity index (χ4v) is 2.78. The Morgan fingerprint density at radius 2 is 1.48 bits per heavy atom. The molecule has 2 N–H and O–H groups in total. The average molecular weight is 391 g/mol. The summed E-state index contributed by atoms with van der Waals surface area (Å²) < 4.78 is 7.79. The van der Waals surface area contributed by atoms with Gasteiger partial charge in [0.15, 0.2) is 0 Å². The van der Waals surface area contributed by atoms with Gasteiger partial charge >= 0.3 is 0 Å². The van der Waals surface area contributed by atoms with Crippen LogP contribution in [0.3, 0.4) is 0 Å². The Kier molecular flexibility index (Phi) is 8.22. The Morgan fingerprint density at radius 3 is 2.10 bits per heavy atom. The third-order valence-corrected chi connectivity index (χ3v) is 3.93. The molecule has 29 heavy (non-hydrogen) atoms. The lowest BCUT2D eigenvalue weighted by Gasteiger charge is -2.06. The molecule has 4 rings (SSSR count). The highest BCUT2D eigenvalue weighted by Gasteiger charge is 2.13. The standard InChI is InChI=1S/C19H16N4O.C3H8.C2H6/c1-23-11-16(17-18(20)21-12-22-19(17)23)13-7-9-15(10-8-13)24-14-5-3-2-4-6-14;1-3-2;1-2/h2-12H,1H3,(H2,20,21,22);3H2,1-2H3;1-2H3. The van der Waals surface area contributed by atoms with E-state index in [4.69, 9.17) is 10.5 Å². The molecule has 2 heterocycles. The molecule has 0 atom stereocenters. The van der Waals surface area contributed by atoms with E-state index in [9.17, 15) is 0 Å². The Hall–Kier alpha value is -3.34. The molecule has 0 saturated heterocycles. The van der Waals surface area contributed by atoms with E-state index in [1.165, 1.54) is 12.7 Å². The average Bonchev–Trinajstić information content (AvgIpc) is 3.09. The van der Waals surface area contributed by atoms with E-state index < -0.39 is 0 Å². The maximum absolute atomic E-state index is 6.05. The van der Waals surface area contributed by atoms with Crippen molar-refractivity contribution < 1.29 is 4.74 Å². The first-order valence-electron chi connectivity index (χ1n) is 10.0. The lowest BCUT2D eigenvalue weighted by molar-refractivity contribution is 0.483. The van der Waals surface area contributed by atoms with Gasteiger partial charge in [-0.1, -0.05) is 64.4 Å². The molecular weight excluding hydrogens is 360 g/mol. The van der Waals surface area contributed by atoms with Crippen molar-refractivity contribution in [1.82, 2.24) is 14.5 Å². The number of aromatic nitrogens is 3. The van der Waals surface area contributed by atoms with E-state index in [1.54, 1.807) is 0 Å². The fraction of sp³-hybridized carbons (Fsp3) is 0.250. The minimum absolute atomic E-state index is 0.486. The SMILES string of the molecule is CC.CCC.Cn1cc(-c2ccc(Oc3ccccc3)cc2)c2c(N)ncnc21. The number of para-hydroxylation sites is 1. The zero-order valence-electron chi connectivity index (χ0n) is 17.9. The molecule has 0 bridgehead atoms. The van der Waals surface area contributed by atoms with Crippen LogP contribution >= 0.6 is 0 Å². The monoisotopic (exact) mass is 390 g/mol. The molecule has 2 aromatic heterocycles. The second-order valence-electron chi connectivity index (χ2n) is 6.26. The second kappa shape index (κ2) is 10.9. The minimum Gasteiger partial charge on any atom is -0.457 e. The number of benzene rings is 2. The van der Waals surface area contributed by atoms with E-state index >= 15 is 0 Å². The first kappa shape index (κ1) is 22.0. The van der Waals surface area contributed by atoms with Gasteiger partial charge in [0.25, 0.3) is 0 Å². The van der Waals surface area contributed by atoms with Crippen molar-refractivity contribution in [2.45, 2.75) is 34.1 Å². The highest BCUT2D eigenvalue weighted by Crippen LogP contribution is 2.33. The second-order valence-corrected chi connectivity index (χ2v) is 6.26. The summed E-state index contributed by atoms with van der Waals surface area (Å²) in [7, 11) is 1.95. The summed E-state index contributed by atoms with van der Waals surface area (Å²) in [4.78, 5) is 8.42. The van der Waals surface area contributed by atoms with Gasteiger partial charge in [0.05, 0.1) is 5.39 Å². The number of hydrogen-bond donors (Lipinski definition) is 1. The van der Waals surface area contributed by atoms with Crippen LogP contribution in [0.5, 0.6) is 11.5 Å². The lowest BCUT2D eigenvalue weighted by atomic mass is 10.1. The molecule has 0 aliphatic rings. The molecule has 0 spiro atoms. The smallest absolute Gasteiger partial charge is 0.145 e. The van der Waals surface area contributed by atoms with Gasteiger partial charge in [-0.3, -0.25) is 0 Å². The van der Waals surface area contributed by atoms with Crippen LogP contribution < -0.4 is 10.5 Å². The number of nitrogen functional groups attached to an aromatic ring is 1. The summed E-state index contributed by atoms with van der Waals surface area (Å²) in [6.07, 6.45) is 4.75. The fourth-order valence-electron chi connectivity index (χ4n) is 2.78. The number of nitrogens with two attached hydrogens (primary N) is 1. The maximum atomic E-state index is 6.05. The van der Waals surface area contributed by atoms with Crippen LogP contribution in [-0.4, -0.2) is 14.5 Å². The highest BCUT2D eigenvalue weighted by atomic mass is 16.5. The Balaban J connectivity index is 0.000000551. The van der Waals surface area contributed by atoms with Gasteiger partial charge in [-0.05, 0) is 29.8 Å². The quantitative estimate of drug-likeness (QED) is 0.436. The van der Waals surface area contributed by atoms with Gasteiger partial charge < -0.3 is 15.0 Å². The molecule has 0 radical (unpaired) electrons. The highest BCUT2D eigenvalue weighted by molar-refractivity contribution is 6.00. The molecule has 0 aliphatic carbocycles. The van der Waals surface area contributed by atoms with E-state index in [0.717, 1.165) is 33.7 Å². The molecule has 0 fully saturated rings. The van der Waals surface area contributed by atoms with Gasteiger partial charge in [0.2, 0.25) is 0 Å². The summed E-state index contributed by atoms with van der Waals surface area (Å²) >= 11 is 0. The number of ether oxygens (including phenoxy) is 1. The Labute approximate surface area is 173 Å². The van der Waals surface area contributed by atoms with E-state index in [1.807, 2.05) is 86.3 Å². The molecule has 4 aromatic rings. The van der Waals surface area contributed by atoms with Crippen molar-refractivity contribution in [2.24, 2.45) is 7.05 Å². The number of fused-ring (bicyclic) bond motifs is 1. The maximum Gasteiger partial charge on any atom is 0.145 e. The number of hydrogen-bond acceptors (Lipinski definition) is 4. The molecule has 5 heteroatoms. The van der Waals surface area contributed by atoms with Crippen molar-refractivity contribution in [1.29, 1.82) is 0 Å². The third kappa shape index (κ3) is 5.35. The van der Waals surface area contributed by atoms with E-state index in [2.05, 4.69) is 23.8 Å². The van der Waals surface area contributed by atoms with Gasteiger partial charge in [-0.25, -0.2) is 9.97 Å². The van der Waals surface area contributed by atoms with E-state index in [-0.39, 0.29) is 0 Å². The van der Waals surface area contributed by atoms with Crippen LogP contribution in [0.2, 0.25) is 0 Å². The van der Waals surface area contributed by atoms with Crippen molar-refractivity contribution in [2.75, 3.05) is 5.73 Å². The number of anilines is 1. The molecule has 0 amide bonds. The number of nitrogens with zero attached hydrogens (tertiary/aromatic N) is 3. The summed E-state index contributed by atoms with van der Waals surface area (Å²) in [6, 6.07) is 17.6. The van der Waals surface area contributed by atoms with Crippen molar-refractivity contribution >= 4 is 16.9 Å². The summed E-state index contributed by atoms with van der Waals surface area (Å²) in [5.41, 5.74) is 8.93. The van der Waals surface area contributed by atoms with Crippen LogP contribution in [0.25, 0.3) is 22.2 Å². The predicted molar refractivity (Wildman–Crippen MR) is 122 cm³/mol. The first-order chi connectivity index (χ1) is 14.1. The molecule has 5 nitrogen and oxygen atoms in total. The zero-order chi connectivity index (χ0) is 21.2. The largest absolute Gasteiger partial charge is 0.457 e. The van der Waals surface area contributed by atoms with Crippen molar-refractivity contribution in [3.8, 4) is 22.6 Å². The molecule has 0 unspecified atom stereocenters. The van der Waals surface area contributed by atoms with Crippen LogP contribution in [0.1, 0.15) is 34.1 Å². The molecular formula is C24H30N4O. The molecule has 152 valence electrons. The Bertz CT molecular complexity index is 1010. The molecule has 2 aromatic carbocycles. The van der Waals surface area contributed by atoms with Gasteiger partial charge in [-0.2, -0.15) is 0 Å². The first-order valence-corrected chi connectivity index (χ1v) is 10.0. The summed E-state index contributed by atoms with van der Waals surface area (Å²) in [5.74, 6) is 2.09. The van der Waals surface area contributed by atoms with Gasteiger partial charge in [0, 0.05) is 18.8 Å². The zero-order valence-corrected chi connectivity index (χ0v) is 17.9. The van der Waals surface area contributed by atoms with Crippen molar-refractivity contribution in [3.05, 3.63) is 67.1 Å². The Morgan fingerprint density at radius 1 is 0.897 bits per heavy atom. The van der Waals surface area contributed by atoms with Crippen LogP contribution in [0.15, 0.2) is 67.1 Å². The minimum atomic E-state index is 0.486. The van der Waals surface area contributed by atoms with Crippen LogP contribution in [0.4, 0.5) is 5.82 Å². The van der Waals surface area contributed by atoms with E-state index in [0.29, 0.717) is 5.82 Å². The summed E-state index contributed by atoms with van der Waals surface area (Å²) in [6.45, 7) is 8.25.